The second kappa shape index (κ2) is 4.05. The maximum Gasteiger partial charge on any atom is 0.361 e. The zero-order valence-corrected chi connectivity index (χ0v) is 9.85. The van der Waals surface area contributed by atoms with Crippen molar-refractivity contribution in [1.29, 1.82) is 0 Å². The lowest BCUT2D eigenvalue weighted by molar-refractivity contribution is -0.0492. The maximum atomic E-state index is 11.9. The fourth-order valence-corrected chi connectivity index (χ4v) is 1.80. The van der Waals surface area contributed by atoms with E-state index in [2.05, 4.69) is 15.3 Å². The predicted octanol–water partition coefficient (Wildman–Crippen LogP) is 0.985. The van der Waals surface area contributed by atoms with Crippen LogP contribution in [0.25, 0.3) is 0 Å². The van der Waals surface area contributed by atoms with E-state index in [1.54, 1.807) is 7.05 Å². The molecule has 0 radical (unpaired) electrons. The number of imidazole rings is 1. The number of carbonyl (C=O) groups is 1. The first-order chi connectivity index (χ1) is 8.66. The zero-order valence-electron chi connectivity index (χ0n) is 9.85. The molecule has 0 amide bonds. The molecule has 1 aromatic rings. The molecule has 2 heterocycles. The van der Waals surface area contributed by atoms with Crippen molar-refractivity contribution in [2.75, 3.05) is 7.05 Å². The van der Waals surface area contributed by atoms with Crippen molar-refractivity contribution in [3.63, 3.8) is 0 Å². The summed E-state index contributed by atoms with van der Waals surface area (Å²) in [5.74, 6) is -0.283. The summed E-state index contributed by atoms with van der Waals surface area (Å²) in [6.07, 6.45) is 3.22. The lowest BCUT2D eigenvalue weighted by Gasteiger charge is -2.25. The lowest BCUT2D eigenvalue weighted by atomic mass is 9.96. The number of esters is 1. The van der Waals surface area contributed by atoms with Crippen LogP contribution in [0.1, 0.15) is 36.1 Å². The summed E-state index contributed by atoms with van der Waals surface area (Å²) < 4.78 is 6.61. The molecule has 0 spiro atoms. The Labute approximate surface area is 103 Å². The molecule has 0 bridgehead atoms. The van der Waals surface area contributed by atoms with E-state index in [9.17, 15) is 9.90 Å². The molecule has 1 fully saturated rings. The molecule has 1 N–H and O–H groups in total. The van der Waals surface area contributed by atoms with E-state index in [1.807, 2.05) is 0 Å². The van der Waals surface area contributed by atoms with Crippen molar-refractivity contribution in [1.82, 2.24) is 14.6 Å². The molecule has 0 saturated heterocycles. The Morgan fingerprint density at radius 1 is 1.56 bits per heavy atom. The molecule has 1 aliphatic carbocycles. The zero-order chi connectivity index (χ0) is 12.7. The van der Waals surface area contributed by atoms with Crippen LogP contribution in [0.2, 0.25) is 0 Å². The van der Waals surface area contributed by atoms with Crippen LogP contribution in [0.4, 0.5) is 5.82 Å². The molecular formula is C10H13N5O3. The van der Waals surface area contributed by atoms with Crippen LogP contribution in [-0.4, -0.2) is 38.8 Å². The number of carbonyl (C=O) groups excluding carboxylic acids is 1. The van der Waals surface area contributed by atoms with E-state index in [0.29, 0.717) is 0 Å². The van der Waals surface area contributed by atoms with Crippen LogP contribution in [-0.2, 0) is 4.74 Å². The van der Waals surface area contributed by atoms with Gasteiger partial charge in [0.05, 0.1) is 0 Å². The SMILES string of the molecule is CN1N=Nc2c(C(=O)OC3CCC3)ncn2C1O. The molecular weight excluding hydrogens is 238 g/mol. The molecule has 1 unspecified atom stereocenters. The van der Waals surface area contributed by atoms with Gasteiger partial charge >= 0.3 is 5.97 Å². The largest absolute Gasteiger partial charge is 0.458 e. The Kier molecular flexibility index (Phi) is 2.51. The third kappa shape index (κ3) is 1.65. The fourth-order valence-electron chi connectivity index (χ4n) is 1.80. The van der Waals surface area contributed by atoms with E-state index in [1.165, 1.54) is 15.9 Å². The van der Waals surface area contributed by atoms with E-state index in [4.69, 9.17) is 4.74 Å². The van der Waals surface area contributed by atoms with Gasteiger partial charge in [-0.1, -0.05) is 5.22 Å². The van der Waals surface area contributed by atoms with Gasteiger partial charge in [0.25, 0.3) is 0 Å². The number of rotatable bonds is 2. The van der Waals surface area contributed by atoms with Crippen LogP contribution in [0.3, 0.4) is 0 Å². The molecule has 0 aromatic carbocycles. The number of hydrogen-bond acceptors (Lipinski definition) is 7. The summed E-state index contributed by atoms with van der Waals surface area (Å²) in [5.41, 5.74) is 0.0952. The van der Waals surface area contributed by atoms with Crippen LogP contribution in [0.5, 0.6) is 0 Å². The summed E-state index contributed by atoms with van der Waals surface area (Å²) in [4.78, 5) is 15.8. The first kappa shape index (κ1) is 11.1. The molecule has 1 saturated carbocycles. The van der Waals surface area contributed by atoms with E-state index < -0.39 is 12.3 Å². The van der Waals surface area contributed by atoms with E-state index in [0.717, 1.165) is 19.3 Å². The normalized spacial score (nSPS) is 22.6. The first-order valence-electron chi connectivity index (χ1n) is 5.77. The fraction of sp³-hybridized carbons (Fsp3) is 0.600. The van der Waals surface area contributed by atoms with Crippen molar-refractivity contribution < 1.29 is 14.6 Å². The van der Waals surface area contributed by atoms with E-state index in [-0.39, 0.29) is 17.6 Å². The highest BCUT2D eigenvalue weighted by Gasteiger charge is 2.30. The molecule has 96 valence electrons. The second-order valence-corrected chi connectivity index (χ2v) is 4.39. The summed E-state index contributed by atoms with van der Waals surface area (Å²) in [6.45, 7) is 0. The summed E-state index contributed by atoms with van der Waals surface area (Å²) >= 11 is 0. The molecule has 3 rings (SSSR count). The van der Waals surface area contributed by atoms with E-state index >= 15 is 0 Å². The van der Waals surface area contributed by atoms with Gasteiger partial charge in [0.1, 0.15) is 12.4 Å². The van der Waals surface area contributed by atoms with Gasteiger partial charge in [-0.15, -0.1) is 5.11 Å². The Bertz CT molecular complexity index is 508. The quantitative estimate of drug-likeness (QED) is 0.791. The third-order valence-corrected chi connectivity index (χ3v) is 3.15. The summed E-state index contributed by atoms with van der Waals surface area (Å²) in [7, 11) is 1.57. The maximum absolute atomic E-state index is 11.9. The van der Waals surface area contributed by atoms with Gasteiger partial charge in [-0.3, -0.25) is 4.57 Å². The smallest absolute Gasteiger partial charge is 0.361 e. The third-order valence-electron chi connectivity index (χ3n) is 3.15. The van der Waals surface area contributed by atoms with Crippen molar-refractivity contribution in [3.8, 4) is 0 Å². The standard InChI is InChI=1S/C10H13N5O3/c1-14-10(17)15-5-11-7(8(15)12-13-14)9(16)18-6-3-2-4-6/h5-6,10,17H,2-4H2,1H3. The Morgan fingerprint density at radius 3 is 3.00 bits per heavy atom. The summed E-state index contributed by atoms with van der Waals surface area (Å²) in [6, 6.07) is 0. The second-order valence-electron chi connectivity index (χ2n) is 4.39. The number of aliphatic hydroxyl groups excluding tert-OH is 1. The highest BCUT2D eigenvalue weighted by molar-refractivity contribution is 5.92. The van der Waals surface area contributed by atoms with Gasteiger partial charge in [-0.2, -0.15) is 0 Å². The Balaban J connectivity index is 1.84. The van der Waals surface area contributed by atoms with Gasteiger partial charge in [0.2, 0.25) is 6.35 Å². The first-order valence-corrected chi connectivity index (χ1v) is 5.77. The molecule has 1 aromatic heterocycles. The number of aliphatic hydroxyl groups is 1. The van der Waals surface area contributed by atoms with Crippen LogP contribution >= 0.6 is 0 Å². The minimum absolute atomic E-state index is 0.0111. The highest BCUT2D eigenvalue weighted by atomic mass is 16.5. The molecule has 18 heavy (non-hydrogen) atoms. The van der Waals surface area contributed by atoms with Crippen molar-refractivity contribution in [2.24, 2.45) is 10.3 Å². The molecule has 1 aliphatic heterocycles. The Hall–Kier alpha value is -1.96. The Morgan fingerprint density at radius 2 is 2.33 bits per heavy atom. The van der Waals surface area contributed by atoms with Crippen LogP contribution in [0.15, 0.2) is 16.7 Å². The average Bonchev–Trinajstić information content (AvgIpc) is 2.73. The number of ether oxygens (including phenoxy) is 1. The minimum atomic E-state index is -1.00. The van der Waals surface area contributed by atoms with Crippen molar-refractivity contribution in [3.05, 3.63) is 12.0 Å². The average molecular weight is 251 g/mol. The predicted molar refractivity (Wildman–Crippen MR) is 58.8 cm³/mol. The van der Waals surface area contributed by atoms with Crippen LogP contribution in [0, 0.1) is 0 Å². The summed E-state index contributed by atoms with van der Waals surface area (Å²) in [5, 5.41) is 18.6. The molecule has 8 heteroatoms. The molecule has 2 aliphatic rings. The number of nitrogens with zero attached hydrogens (tertiary/aromatic N) is 5. The molecule has 8 nitrogen and oxygen atoms in total. The number of fused-ring (bicyclic) bond motifs is 1. The van der Waals surface area contributed by atoms with Gasteiger partial charge in [0, 0.05) is 7.05 Å². The minimum Gasteiger partial charge on any atom is -0.458 e. The van der Waals surface area contributed by atoms with Gasteiger partial charge in [-0.05, 0) is 19.3 Å². The topological polar surface area (TPSA) is 92.3 Å². The van der Waals surface area contributed by atoms with Crippen LogP contribution < -0.4 is 0 Å². The number of aromatic nitrogens is 2. The lowest BCUT2D eigenvalue weighted by Crippen LogP contribution is -2.27. The van der Waals surface area contributed by atoms with Crippen molar-refractivity contribution in [2.45, 2.75) is 31.7 Å². The molecule has 1 atom stereocenters. The monoisotopic (exact) mass is 251 g/mol. The number of hydrogen-bond donors (Lipinski definition) is 1. The van der Waals surface area contributed by atoms with Gasteiger partial charge in [0.15, 0.2) is 11.5 Å². The van der Waals surface area contributed by atoms with Crippen molar-refractivity contribution >= 4 is 11.8 Å². The van der Waals surface area contributed by atoms with Gasteiger partial charge < -0.3 is 9.84 Å². The highest BCUT2D eigenvalue weighted by Crippen LogP contribution is 2.30. The van der Waals surface area contributed by atoms with Gasteiger partial charge in [-0.25, -0.2) is 14.8 Å².